The van der Waals surface area contributed by atoms with Gasteiger partial charge in [0.2, 0.25) is 5.91 Å². The fourth-order valence-corrected chi connectivity index (χ4v) is 2.11. The summed E-state index contributed by atoms with van der Waals surface area (Å²) in [6, 6.07) is 14.2. The molecule has 0 saturated carbocycles. The smallest absolute Gasteiger partial charge is 0.224 e. The summed E-state index contributed by atoms with van der Waals surface area (Å²) in [6.07, 6.45) is 1.03. The molecule has 0 aliphatic heterocycles. The Morgan fingerprint density at radius 1 is 1.14 bits per heavy atom. The number of rotatable bonds is 5. The Kier molecular flexibility index (Phi) is 4.93. The summed E-state index contributed by atoms with van der Waals surface area (Å²) in [5.74, 6) is -0.480. The zero-order valence-electron chi connectivity index (χ0n) is 12.3. The van der Waals surface area contributed by atoms with E-state index in [1.165, 1.54) is 12.1 Å². The number of halogens is 1. The first-order valence-corrected chi connectivity index (χ1v) is 6.87. The third kappa shape index (κ3) is 4.31. The minimum absolute atomic E-state index is 0.118. The van der Waals surface area contributed by atoms with Crippen molar-refractivity contribution < 1.29 is 9.18 Å². The van der Waals surface area contributed by atoms with E-state index in [1.54, 1.807) is 6.07 Å². The van der Waals surface area contributed by atoms with Crippen molar-refractivity contribution in [3.8, 4) is 0 Å². The number of nitrogens with zero attached hydrogens (tertiary/aromatic N) is 1. The molecule has 2 rings (SSSR count). The molecule has 2 aromatic rings. The van der Waals surface area contributed by atoms with E-state index in [4.69, 9.17) is 0 Å². The van der Waals surface area contributed by atoms with Gasteiger partial charge in [-0.2, -0.15) is 0 Å². The molecule has 3 nitrogen and oxygen atoms in total. The van der Waals surface area contributed by atoms with Crippen LogP contribution < -0.4 is 10.2 Å². The molecular formula is C17H19FN2O. The van der Waals surface area contributed by atoms with Crippen molar-refractivity contribution in [3.05, 3.63) is 59.9 Å². The molecule has 110 valence electrons. The Balaban J connectivity index is 2.01. The molecule has 0 aromatic heterocycles. The largest absolute Gasteiger partial charge is 0.376 e. The Labute approximate surface area is 124 Å². The quantitative estimate of drug-likeness (QED) is 0.913. The lowest BCUT2D eigenvalue weighted by Crippen LogP contribution is -2.17. The van der Waals surface area contributed by atoms with Crippen molar-refractivity contribution >= 4 is 17.3 Å². The summed E-state index contributed by atoms with van der Waals surface area (Å²) >= 11 is 0. The molecule has 1 amide bonds. The maximum absolute atomic E-state index is 13.3. The predicted molar refractivity (Wildman–Crippen MR) is 84.1 cm³/mol. The lowest BCUT2D eigenvalue weighted by Gasteiger charge is -2.18. The number of benzene rings is 2. The number of anilines is 2. The molecule has 0 unspecified atom stereocenters. The van der Waals surface area contributed by atoms with E-state index >= 15 is 0 Å². The molecule has 1 N–H and O–H groups in total. The van der Waals surface area contributed by atoms with Gasteiger partial charge in [-0.1, -0.05) is 30.3 Å². The number of aryl methyl sites for hydroxylation is 1. The molecule has 2 aromatic carbocycles. The van der Waals surface area contributed by atoms with Crippen LogP contribution in [0.2, 0.25) is 0 Å². The van der Waals surface area contributed by atoms with E-state index in [1.807, 2.05) is 49.3 Å². The van der Waals surface area contributed by atoms with E-state index < -0.39 is 0 Å². The highest BCUT2D eigenvalue weighted by Gasteiger charge is 2.10. The van der Waals surface area contributed by atoms with Crippen molar-refractivity contribution in [1.29, 1.82) is 0 Å². The normalized spacial score (nSPS) is 10.2. The SMILES string of the molecule is CN(C)c1ccc(F)cc1NC(=O)CCc1ccccc1. The van der Waals surface area contributed by atoms with Crippen LogP contribution in [0.15, 0.2) is 48.5 Å². The van der Waals surface area contributed by atoms with Crippen molar-refractivity contribution in [2.24, 2.45) is 0 Å². The molecular weight excluding hydrogens is 267 g/mol. The van der Waals surface area contributed by atoms with Crippen LogP contribution in [0.1, 0.15) is 12.0 Å². The van der Waals surface area contributed by atoms with Gasteiger partial charge in [0.1, 0.15) is 5.82 Å². The van der Waals surface area contributed by atoms with Gasteiger partial charge in [-0.15, -0.1) is 0 Å². The lowest BCUT2D eigenvalue weighted by molar-refractivity contribution is -0.116. The predicted octanol–water partition coefficient (Wildman–Crippen LogP) is 3.46. The highest BCUT2D eigenvalue weighted by atomic mass is 19.1. The Morgan fingerprint density at radius 3 is 2.52 bits per heavy atom. The lowest BCUT2D eigenvalue weighted by atomic mass is 10.1. The Bertz CT molecular complexity index is 611. The highest BCUT2D eigenvalue weighted by molar-refractivity contribution is 5.94. The first-order valence-electron chi connectivity index (χ1n) is 6.87. The fraction of sp³-hybridized carbons (Fsp3) is 0.235. The van der Waals surface area contributed by atoms with Crippen LogP contribution in [0.25, 0.3) is 0 Å². The molecule has 4 heteroatoms. The van der Waals surface area contributed by atoms with Gasteiger partial charge in [-0.3, -0.25) is 4.79 Å². The van der Waals surface area contributed by atoms with Gasteiger partial charge < -0.3 is 10.2 Å². The second-order valence-electron chi connectivity index (χ2n) is 5.09. The topological polar surface area (TPSA) is 32.3 Å². The molecule has 0 aliphatic rings. The van der Waals surface area contributed by atoms with Gasteiger partial charge >= 0.3 is 0 Å². The molecule has 21 heavy (non-hydrogen) atoms. The molecule has 0 saturated heterocycles. The van der Waals surface area contributed by atoms with Gasteiger partial charge in [-0.05, 0) is 30.2 Å². The first-order chi connectivity index (χ1) is 10.1. The average Bonchev–Trinajstić information content (AvgIpc) is 2.46. The second kappa shape index (κ2) is 6.88. The van der Waals surface area contributed by atoms with Gasteiger partial charge in [0.25, 0.3) is 0 Å². The average molecular weight is 286 g/mol. The van der Waals surface area contributed by atoms with E-state index in [2.05, 4.69) is 5.32 Å². The third-order valence-corrected chi connectivity index (χ3v) is 3.20. The summed E-state index contributed by atoms with van der Waals surface area (Å²) in [6.45, 7) is 0. The number of hydrogen-bond acceptors (Lipinski definition) is 2. The van der Waals surface area contributed by atoms with E-state index in [9.17, 15) is 9.18 Å². The van der Waals surface area contributed by atoms with Gasteiger partial charge in [-0.25, -0.2) is 4.39 Å². The minimum atomic E-state index is -0.362. The van der Waals surface area contributed by atoms with Crippen LogP contribution in [0, 0.1) is 5.82 Å². The summed E-state index contributed by atoms with van der Waals surface area (Å²) in [5.41, 5.74) is 2.39. The zero-order valence-corrected chi connectivity index (χ0v) is 12.3. The Morgan fingerprint density at radius 2 is 1.86 bits per heavy atom. The van der Waals surface area contributed by atoms with Crippen LogP contribution in [0.5, 0.6) is 0 Å². The summed E-state index contributed by atoms with van der Waals surface area (Å²) in [5, 5.41) is 2.78. The molecule has 0 spiro atoms. The van der Waals surface area contributed by atoms with Gasteiger partial charge in [0.05, 0.1) is 11.4 Å². The molecule has 0 bridgehead atoms. The van der Waals surface area contributed by atoms with Crippen LogP contribution in [0.4, 0.5) is 15.8 Å². The first kappa shape index (κ1) is 15.0. The van der Waals surface area contributed by atoms with E-state index in [-0.39, 0.29) is 11.7 Å². The van der Waals surface area contributed by atoms with Gasteiger partial charge in [0.15, 0.2) is 0 Å². The highest BCUT2D eigenvalue weighted by Crippen LogP contribution is 2.25. The van der Waals surface area contributed by atoms with Crippen molar-refractivity contribution in [1.82, 2.24) is 0 Å². The Hall–Kier alpha value is -2.36. The zero-order chi connectivity index (χ0) is 15.2. The molecule has 0 heterocycles. The monoisotopic (exact) mass is 286 g/mol. The number of hydrogen-bond donors (Lipinski definition) is 1. The standard InChI is InChI=1S/C17H19FN2O/c1-20(2)16-10-9-14(18)12-15(16)19-17(21)11-8-13-6-4-3-5-7-13/h3-7,9-10,12H,8,11H2,1-2H3,(H,19,21). The van der Waals surface area contributed by atoms with Crippen LogP contribution in [-0.2, 0) is 11.2 Å². The van der Waals surface area contributed by atoms with Crippen LogP contribution in [0.3, 0.4) is 0 Å². The molecule has 0 atom stereocenters. The summed E-state index contributed by atoms with van der Waals surface area (Å²) in [7, 11) is 3.71. The number of nitrogens with one attached hydrogen (secondary N) is 1. The number of carbonyl (C=O) groups is 1. The molecule has 0 radical (unpaired) electrons. The maximum atomic E-state index is 13.3. The molecule has 0 fully saturated rings. The maximum Gasteiger partial charge on any atom is 0.224 e. The summed E-state index contributed by atoms with van der Waals surface area (Å²) < 4.78 is 13.3. The van der Waals surface area contributed by atoms with Crippen molar-refractivity contribution in [2.75, 3.05) is 24.3 Å². The number of carbonyl (C=O) groups excluding carboxylic acids is 1. The second-order valence-corrected chi connectivity index (χ2v) is 5.09. The minimum Gasteiger partial charge on any atom is -0.376 e. The van der Waals surface area contributed by atoms with Gasteiger partial charge in [0, 0.05) is 20.5 Å². The van der Waals surface area contributed by atoms with Crippen molar-refractivity contribution in [2.45, 2.75) is 12.8 Å². The summed E-state index contributed by atoms with van der Waals surface area (Å²) in [4.78, 5) is 13.9. The van der Waals surface area contributed by atoms with Crippen LogP contribution >= 0.6 is 0 Å². The number of amides is 1. The van der Waals surface area contributed by atoms with Crippen molar-refractivity contribution in [3.63, 3.8) is 0 Å². The third-order valence-electron chi connectivity index (χ3n) is 3.20. The van der Waals surface area contributed by atoms with E-state index in [0.29, 0.717) is 18.5 Å². The van der Waals surface area contributed by atoms with E-state index in [0.717, 1.165) is 11.3 Å². The van der Waals surface area contributed by atoms with Crippen LogP contribution in [-0.4, -0.2) is 20.0 Å². The fourth-order valence-electron chi connectivity index (χ4n) is 2.11. The molecule has 0 aliphatic carbocycles.